The second-order valence-corrected chi connectivity index (χ2v) is 3.39. The minimum atomic E-state index is 0.246. The van der Waals surface area contributed by atoms with E-state index in [0.29, 0.717) is 0 Å². The molecule has 0 amide bonds. The molecule has 0 aliphatic rings. The van der Waals surface area contributed by atoms with Gasteiger partial charge >= 0.3 is 0 Å². The molecule has 3 nitrogen and oxygen atoms in total. The molecule has 0 atom stereocenters. The fourth-order valence-electron chi connectivity index (χ4n) is 1.60. The summed E-state index contributed by atoms with van der Waals surface area (Å²) in [6.07, 6.45) is 0. The van der Waals surface area contributed by atoms with Gasteiger partial charge < -0.3 is 14.2 Å². The first-order chi connectivity index (χ1) is 7.85. The van der Waals surface area contributed by atoms with Crippen molar-refractivity contribution < 1.29 is 14.2 Å². The number of rotatable bonds is 4. The van der Waals surface area contributed by atoms with E-state index >= 15 is 0 Å². The highest BCUT2D eigenvalue weighted by molar-refractivity contribution is 5.89. The van der Waals surface area contributed by atoms with Crippen molar-refractivity contribution in [2.45, 2.75) is 0 Å². The normalized spacial score (nSPS) is 10.4. The van der Waals surface area contributed by atoms with Gasteiger partial charge in [-0.25, -0.2) is 0 Å². The van der Waals surface area contributed by atoms with Crippen LogP contribution in [-0.4, -0.2) is 21.0 Å². The van der Waals surface area contributed by atoms with E-state index in [1.165, 1.54) is 0 Å². The quantitative estimate of drug-likeness (QED) is 0.738. The van der Waals surface area contributed by atoms with E-state index in [2.05, 4.69) is 0 Å². The lowest BCUT2D eigenvalue weighted by molar-refractivity contribution is 0.0522. The van der Waals surface area contributed by atoms with Gasteiger partial charge in [0.2, 0.25) is 0 Å². The van der Waals surface area contributed by atoms with E-state index in [-0.39, 0.29) is 6.79 Å². The number of ether oxygens (including phenoxy) is 3. The smallest absolute Gasteiger partial charge is 0.188 e. The third kappa shape index (κ3) is 2.09. The minimum absolute atomic E-state index is 0.246. The molecule has 2 aromatic carbocycles. The molecule has 0 spiro atoms. The van der Waals surface area contributed by atoms with Gasteiger partial charge in [-0.2, -0.15) is 0 Å². The summed E-state index contributed by atoms with van der Waals surface area (Å²) >= 11 is 0. The third-order valence-corrected chi connectivity index (χ3v) is 2.38. The molecule has 0 aliphatic heterocycles. The summed E-state index contributed by atoms with van der Waals surface area (Å²) in [4.78, 5) is 0. The van der Waals surface area contributed by atoms with Crippen LogP contribution in [0, 0.1) is 0 Å². The van der Waals surface area contributed by atoms with E-state index < -0.39 is 0 Å². The topological polar surface area (TPSA) is 27.7 Å². The van der Waals surface area contributed by atoms with Gasteiger partial charge in [0.15, 0.2) is 6.79 Å². The summed E-state index contributed by atoms with van der Waals surface area (Å²) in [7, 11) is 3.26. The average molecular weight is 218 g/mol. The second kappa shape index (κ2) is 4.86. The zero-order valence-corrected chi connectivity index (χ0v) is 9.40. The van der Waals surface area contributed by atoms with E-state index in [0.717, 1.165) is 22.3 Å². The fourth-order valence-corrected chi connectivity index (χ4v) is 1.60. The first-order valence-corrected chi connectivity index (χ1v) is 5.03. The van der Waals surface area contributed by atoms with Gasteiger partial charge in [-0.05, 0) is 23.6 Å². The highest BCUT2D eigenvalue weighted by Crippen LogP contribution is 2.28. The maximum Gasteiger partial charge on any atom is 0.188 e. The molecule has 84 valence electrons. The molecule has 0 unspecified atom stereocenters. The van der Waals surface area contributed by atoms with Crippen molar-refractivity contribution in [3.63, 3.8) is 0 Å². The van der Waals surface area contributed by atoms with Gasteiger partial charge in [-0.15, -0.1) is 0 Å². The number of methoxy groups -OCH3 is 2. The lowest BCUT2D eigenvalue weighted by Crippen LogP contribution is -1.99. The van der Waals surface area contributed by atoms with Gasteiger partial charge in [0.25, 0.3) is 0 Å². The number of benzene rings is 2. The maximum atomic E-state index is 5.49. The van der Waals surface area contributed by atoms with Crippen molar-refractivity contribution in [3.05, 3.63) is 36.4 Å². The van der Waals surface area contributed by atoms with Crippen LogP contribution in [0.25, 0.3) is 10.8 Å². The van der Waals surface area contributed by atoms with Crippen LogP contribution in [0.15, 0.2) is 36.4 Å². The summed E-state index contributed by atoms with van der Waals surface area (Å²) < 4.78 is 15.6. The largest absolute Gasteiger partial charge is 0.497 e. The Bertz CT molecular complexity index is 480. The Labute approximate surface area is 94.5 Å². The molecule has 0 heterocycles. The molecule has 16 heavy (non-hydrogen) atoms. The molecule has 3 heteroatoms. The average Bonchev–Trinajstić information content (AvgIpc) is 2.35. The summed E-state index contributed by atoms with van der Waals surface area (Å²) in [5.74, 6) is 1.62. The van der Waals surface area contributed by atoms with Crippen molar-refractivity contribution in [1.82, 2.24) is 0 Å². The van der Waals surface area contributed by atoms with Crippen molar-refractivity contribution >= 4 is 10.8 Å². The predicted octanol–water partition coefficient (Wildman–Crippen LogP) is 2.83. The first-order valence-electron chi connectivity index (χ1n) is 5.03. The fraction of sp³-hybridized carbons (Fsp3) is 0.231. The number of hydrogen-bond donors (Lipinski definition) is 0. The van der Waals surface area contributed by atoms with Crippen LogP contribution >= 0.6 is 0 Å². The molecule has 2 aromatic rings. The zero-order chi connectivity index (χ0) is 11.4. The van der Waals surface area contributed by atoms with Gasteiger partial charge in [0, 0.05) is 12.5 Å². The van der Waals surface area contributed by atoms with Crippen LogP contribution in [0.3, 0.4) is 0 Å². The Morgan fingerprint density at radius 1 is 1.06 bits per heavy atom. The van der Waals surface area contributed by atoms with Crippen LogP contribution in [-0.2, 0) is 4.74 Å². The lowest BCUT2D eigenvalue weighted by atomic mass is 10.1. The third-order valence-electron chi connectivity index (χ3n) is 2.38. The van der Waals surface area contributed by atoms with Gasteiger partial charge in [-0.3, -0.25) is 0 Å². The van der Waals surface area contributed by atoms with Crippen LogP contribution < -0.4 is 9.47 Å². The van der Waals surface area contributed by atoms with E-state index in [4.69, 9.17) is 14.2 Å². The monoisotopic (exact) mass is 218 g/mol. The highest BCUT2D eigenvalue weighted by atomic mass is 16.7. The van der Waals surface area contributed by atoms with Crippen molar-refractivity contribution in [1.29, 1.82) is 0 Å². The van der Waals surface area contributed by atoms with Crippen LogP contribution in [0.5, 0.6) is 11.5 Å². The molecule has 0 aromatic heterocycles. The predicted molar refractivity (Wildman–Crippen MR) is 63.0 cm³/mol. The Morgan fingerprint density at radius 2 is 1.94 bits per heavy atom. The molecular weight excluding hydrogens is 204 g/mol. The Kier molecular flexibility index (Phi) is 3.27. The van der Waals surface area contributed by atoms with Gasteiger partial charge in [-0.1, -0.05) is 18.2 Å². The Hall–Kier alpha value is -1.74. The molecule has 0 aliphatic carbocycles. The van der Waals surface area contributed by atoms with Crippen molar-refractivity contribution in [2.75, 3.05) is 21.0 Å². The van der Waals surface area contributed by atoms with Crippen molar-refractivity contribution in [3.8, 4) is 11.5 Å². The molecule has 0 saturated heterocycles. The van der Waals surface area contributed by atoms with Crippen LogP contribution in [0.2, 0.25) is 0 Å². The van der Waals surface area contributed by atoms with E-state index in [9.17, 15) is 0 Å². The number of hydrogen-bond acceptors (Lipinski definition) is 3. The zero-order valence-electron chi connectivity index (χ0n) is 9.40. The molecule has 0 fully saturated rings. The summed E-state index contributed by atoms with van der Waals surface area (Å²) in [6, 6.07) is 11.8. The Balaban J connectivity index is 2.46. The second-order valence-electron chi connectivity index (χ2n) is 3.39. The summed E-state index contributed by atoms with van der Waals surface area (Å²) in [5, 5.41) is 2.15. The lowest BCUT2D eigenvalue weighted by Gasteiger charge is -2.09. The molecule has 0 radical (unpaired) electrons. The minimum Gasteiger partial charge on any atom is -0.497 e. The molecule has 0 saturated carbocycles. The molecule has 2 rings (SSSR count). The standard InChI is InChI=1S/C13H14O3/c1-14-9-16-13-5-3-4-10-6-7-11(15-2)8-12(10)13/h3-8H,9H2,1-2H3. The number of fused-ring (bicyclic) bond motifs is 1. The summed E-state index contributed by atoms with van der Waals surface area (Å²) in [6.45, 7) is 0.246. The first kappa shape index (κ1) is 10.8. The summed E-state index contributed by atoms with van der Waals surface area (Å²) in [5.41, 5.74) is 0. The SMILES string of the molecule is COCOc1cccc2ccc(OC)cc12. The maximum absolute atomic E-state index is 5.49. The van der Waals surface area contributed by atoms with Crippen molar-refractivity contribution in [2.24, 2.45) is 0 Å². The van der Waals surface area contributed by atoms with Crippen LogP contribution in [0.4, 0.5) is 0 Å². The Morgan fingerprint density at radius 3 is 2.69 bits per heavy atom. The molecular formula is C13H14O3. The van der Waals surface area contributed by atoms with Gasteiger partial charge in [0.1, 0.15) is 11.5 Å². The van der Waals surface area contributed by atoms with Gasteiger partial charge in [0.05, 0.1) is 7.11 Å². The molecule has 0 bridgehead atoms. The van der Waals surface area contributed by atoms with E-state index in [1.807, 2.05) is 36.4 Å². The van der Waals surface area contributed by atoms with Crippen LogP contribution in [0.1, 0.15) is 0 Å². The van der Waals surface area contributed by atoms with E-state index in [1.54, 1.807) is 14.2 Å². The molecule has 0 N–H and O–H groups in total. The highest BCUT2D eigenvalue weighted by Gasteiger charge is 2.03.